The highest BCUT2D eigenvalue weighted by Gasteiger charge is 2.01. The van der Waals surface area contributed by atoms with Crippen molar-refractivity contribution in [2.75, 3.05) is 0 Å². The Bertz CT molecular complexity index is 396. The summed E-state index contributed by atoms with van der Waals surface area (Å²) in [5.74, 6) is 0. The highest BCUT2D eigenvalue weighted by molar-refractivity contribution is 8.11. The van der Waals surface area contributed by atoms with E-state index >= 15 is 0 Å². The van der Waals surface area contributed by atoms with Gasteiger partial charge >= 0.3 is 0 Å². The van der Waals surface area contributed by atoms with Crippen molar-refractivity contribution in [1.29, 1.82) is 0 Å². The van der Waals surface area contributed by atoms with E-state index < -0.39 is 0 Å². The summed E-state index contributed by atoms with van der Waals surface area (Å²) in [6.45, 7) is 12.6. The van der Waals surface area contributed by atoms with Crippen molar-refractivity contribution in [2.24, 2.45) is 0 Å². The van der Waals surface area contributed by atoms with Crippen LogP contribution in [0.15, 0.2) is 41.3 Å². The molecular weight excluding hydrogens is 200 g/mol. The Labute approximate surface area is 97.1 Å². The molecule has 0 fully saturated rings. The fourth-order valence-electron chi connectivity index (χ4n) is 1.16. The van der Waals surface area contributed by atoms with Gasteiger partial charge in [-0.2, -0.15) is 0 Å². The van der Waals surface area contributed by atoms with Gasteiger partial charge in [0.2, 0.25) is 0 Å². The van der Waals surface area contributed by atoms with E-state index in [1.54, 1.807) is 11.8 Å². The van der Waals surface area contributed by atoms with Crippen molar-refractivity contribution in [3.05, 3.63) is 52.4 Å². The smallest absolute Gasteiger partial charge is 0.0119 e. The van der Waals surface area contributed by atoms with E-state index in [9.17, 15) is 0 Å². The summed E-state index contributed by atoms with van der Waals surface area (Å²) in [7, 11) is 0. The molecule has 0 aliphatic heterocycles. The molecule has 0 amide bonds. The quantitative estimate of drug-likeness (QED) is 0.687. The Hall–Kier alpha value is -0.950. The summed E-state index contributed by atoms with van der Waals surface area (Å²) >= 11 is 1.75. The van der Waals surface area contributed by atoms with E-state index in [0.29, 0.717) is 0 Å². The third-order valence-corrected chi connectivity index (χ3v) is 3.52. The molecule has 0 N–H and O–H groups in total. The van der Waals surface area contributed by atoms with Crippen molar-refractivity contribution in [3.8, 4) is 0 Å². The van der Waals surface area contributed by atoms with Gasteiger partial charge in [-0.25, -0.2) is 0 Å². The van der Waals surface area contributed by atoms with Crippen LogP contribution in [0.25, 0.3) is 4.91 Å². The summed E-state index contributed by atoms with van der Waals surface area (Å²) in [6.07, 6.45) is 0. The molecule has 0 heterocycles. The van der Waals surface area contributed by atoms with Crippen molar-refractivity contribution in [1.82, 2.24) is 0 Å². The molecule has 0 atom stereocenters. The zero-order chi connectivity index (χ0) is 11.4. The molecule has 1 rings (SSSR count). The monoisotopic (exact) mass is 218 g/mol. The minimum absolute atomic E-state index is 1.12. The average molecular weight is 218 g/mol. The maximum atomic E-state index is 4.12. The summed E-state index contributed by atoms with van der Waals surface area (Å²) in [4.78, 5) is 2.46. The third kappa shape index (κ3) is 3.60. The molecule has 1 aromatic carbocycles. The first-order chi connectivity index (χ1) is 7.00. The molecule has 1 aromatic rings. The number of benzene rings is 1. The van der Waals surface area contributed by atoms with Gasteiger partial charge in [-0.05, 0) is 38.2 Å². The Morgan fingerprint density at radius 2 is 1.87 bits per heavy atom. The Balaban J connectivity index is 2.83. The molecule has 0 spiro atoms. The fourth-order valence-corrected chi connectivity index (χ4v) is 1.98. The minimum Gasteiger partial charge on any atom is -0.0949 e. The zero-order valence-corrected chi connectivity index (χ0v) is 10.7. The number of hydrogen-bond donors (Lipinski definition) is 0. The van der Waals surface area contributed by atoms with E-state index in [-0.39, 0.29) is 0 Å². The molecular formula is C14H18S. The first kappa shape index (κ1) is 12.1. The molecule has 0 aromatic heterocycles. The first-order valence-electron chi connectivity index (χ1n) is 5.08. The lowest BCUT2D eigenvalue weighted by atomic mass is 10.1. The van der Waals surface area contributed by atoms with Crippen LogP contribution in [0.2, 0.25) is 0 Å². The molecule has 80 valence electrons. The maximum Gasteiger partial charge on any atom is 0.0119 e. The number of thioether (sulfide) groups is 1. The SMILES string of the molecule is C=C(SC(C)=C(C)C)c1cccc(C)c1. The number of rotatable bonds is 3. The lowest BCUT2D eigenvalue weighted by Gasteiger charge is -2.08. The Morgan fingerprint density at radius 1 is 1.20 bits per heavy atom. The van der Waals surface area contributed by atoms with E-state index in [1.807, 2.05) is 0 Å². The number of hydrogen-bond acceptors (Lipinski definition) is 1. The van der Waals surface area contributed by atoms with Crippen LogP contribution in [-0.2, 0) is 0 Å². The summed E-state index contributed by atoms with van der Waals surface area (Å²) in [5.41, 5.74) is 3.86. The summed E-state index contributed by atoms with van der Waals surface area (Å²) in [6, 6.07) is 8.47. The van der Waals surface area contributed by atoms with E-state index in [2.05, 4.69) is 58.5 Å². The standard InChI is InChI=1S/C14H18S/c1-10(2)12(4)15-13(5)14-8-6-7-11(3)9-14/h6-9H,5H2,1-4H3. The van der Waals surface area contributed by atoms with Crippen LogP contribution in [0, 0.1) is 6.92 Å². The molecule has 0 radical (unpaired) electrons. The van der Waals surface area contributed by atoms with E-state index in [0.717, 1.165) is 4.91 Å². The maximum absolute atomic E-state index is 4.12. The van der Waals surface area contributed by atoms with Gasteiger partial charge < -0.3 is 0 Å². The van der Waals surface area contributed by atoms with Crippen LogP contribution >= 0.6 is 11.8 Å². The molecule has 1 heteroatoms. The molecule has 15 heavy (non-hydrogen) atoms. The minimum atomic E-state index is 1.12. The van der Waals surface area contributed by atoms with Gasteiger partial charge in [0.25, 0.3) is 0 Å². The van der Waals surface area contributed by atoms with Crippen molar-refractivity contribution in [3.63, 3.8) is 0 Å². The second-order valence-electron chi connectivity index (χ2n) is 3.95. The second kappa shape index (κ2) is 5.22. The molecule has 0 unspecified atom stereocenters. The topological polar surface area (TPSA) is 0 Å². The van der Waals surface area contributed by atoms with Crippen LogP contribution in [0.4, 0.5) is 0 Å². The first-order valence-corrected chi connectivity index (χ1v) is 5.90. The molecule has 0 nitrogen and oxygen atoms in total. The zero-order valence-electron chi connectivity index (χ0n) is 9.92. The molecule has 0 bridgehead atoms. The molecule has 0 aliphatic carbocycles. The lowest BCUT2D eigenvalue weighted by Crippen LogP contribution is -1.81. The van der Waals surface area contributed by atoms with Gasteiger partial charge in [0.15, 0.2) is 0 Å². The molecule has 0 aliphatic rings. The van der Waals surface area contributed by atoms with Crippen molar-refractivity contribution >= 4 is 16.7 Å². The third-order valence-electron chi connectivity index (χ3n) is 2.32. The number of aryl methyl sites for hydroxylation is 1. The van der Waals surface area contributed by atoms with Gasteiger partial charge in [-0.1, -0.05) is 53.7 Å². The van der Waals surface area contributed by atoms with Crippen LogP contribution in [-0.4, -0.2) is 0 Å². The lowest BCUT2D eigenvalue weighted by molar-refractivity contribution is 1.35. The Morgan fingerprint density at radius 3 is 2.40 bits per heavy atom. The van der Waals surface area contributed by atoms with Crippen LogP contribution in [0.1, 0.15) is 31.9 Å². The van der Waals surface area contributed by atoms with E-state index in [1.165, 1.54) is 21.6 Å². The highest BCUT2D eigenvalue weighted by atomic mass is 32.2. The number of allylic oxidation sites excluding steroid dienone is 2. The molecule has 0 saturated carbocycles. The van der Waals surface area contributed by atoms with Crippen LogP contribution < -0.4 is 0 Å². The predicted octanol–water partition coefficient (Wildman–Crippen LogP) is 5.01. The van der Waals surface area contributed by atoms with Gasteiger partial charge in [-0.15, -0.1) is 0 Å². The van der Waals surface area contributed by atoms with Gasteiger partial charge in [0.05, 0.1) is 0 Å². The van der Waals surface area contributed by atoms with Crippen LogP contribution in [0.5, 0.6) is 0 Å². The van der Waals surface area contributed by atoms with Gasteiger partial charge in [0, 0.05) is 4.91 Å². The van der Waals surface area contributed by atoms with Gasteiger partial charge in [-0.3, -0.25) is 0 Å². The van der Waals surface area contributed by atoms with E-state index in [4.69, 9.17) is 0 Å². The van der Waals surface area contributed by atoms with Crippen molar-refractivity contribution < 1.29 is 0 Å². The average Bonchev–Trinajstić information content (AvgIpc) is 2.17. The van der Waals surface area contributed by atoms with Crippen molar-refractivity contribution in [2.45, 2.75) is 27.7 Å². The predicted molar refractivity (Wildman–Crippen MR) is 71.9 cm³/mol. The molecule has 0 saturated heterocycles. The van der Waals surface area contributed by atoms with Crippen LogP contribution in [0.3, 0.4) is 0 Å². The summed E-state index contributed by atoms with van der Waals surface area (Å²) < 4.78 is 0. The van der Waals surface area contributed by atoms with Gasteiger partial charge in [0.1, 0.15) is 0 Å². The largest absolute Gasteiger partial charge is 0.0949 e. The fraction of sp³-hybridized carbons (Fsp3) is 0.286. The summed E-state index contributed by atoms with van der Waals surface area (Å²) in [5, 5.41) is 0. The normalized spacial score (nSPS) is 9.87. The highest BCUT2D eigenvalue weighted by Crippen LogP contribution is 2.33. The second-order valence-corrected chi connectivity index (χ2v) is 5.26. The Kier molecular flexibility index (Phi) is 4.22.